The standard InChI is InChI=1S/C31H33N3O3S/c1-3-17-34-23-32-21-28(34)22-38-30-14-10-27(11-15-30)33-31(35)16-7-24-5-4-6-26(20-24)25-8-12-29(13-9-25)37-19-18-36-2/h4-16,20-21,23H,3,17-19,22H2,1-2H3,(H,33,35)/b16-7+. The molecule has 0 atom stereocenters. The fraction of sp³-hybridized carbons (Fsp3) is 0.226. The highest BCUT2D eigenvalue weighted by atomic mass is 32.2. The van der Waals surface area contributed by atoms with Crippen molar-refractivity contribution in [2.24, 2.45) is 0 Å². The molecule has 196 valence electrons. The van der Waals surface area contributed by atoms with Crippen molar-refractivity contribution >= 4 is 29.4 Å². The summed E-state index contributed by atoms with van der Waals surface area (Å²) in [6.45, 7) is 4.23. The Bertz CT molecular complexity index is 1330. The molecule has 0 saturated carbocycles. The lowest BCUT2D eigenvalue weighted by molar-refractivity contribution is -0.111. The third-order valence-electron chi connectivity index (χ3n) is 5.83. The molecule has 3 aromatic carbocycles. The molecule has 1 heterocycles. The Labute approximate surface area is 228 Å². The van der Waals surface area contributed by atoms with Crippen LogP contribution in [-0.4, -0.2) is 35.8 Å². The number of hydrogen-bond acceptors (Lipinski definition) is 5. The van der Waals surface area contributed by atoms with Crippen molar-refractivity contribution in [1.29, 1.82) is 0 Å². The summed E-state index contributed by atoms with van der Waals surface area (Å²) < 4.78 is 12.8. The van der Waals surface area contributed by atoms with Gasteiger partial charge in [-0.2, -0.15) is 0 Å². The van der Waals surface area contributed by atoms with Crippen molar-refractivity contribution in [3.63, 3.8) is 0 Å². The predicted octanol–water partition coefficient (Wildman–Crippen LogP) is 6.93. The summed E-state index contributed by atoms with van der Waals surface area (Å²) in [7, 11) is 1.65. The van der Waals surface area contributed by atoms with Crippen molar-refractivity contribution in [3.8, 4) is 16.9 Å². The predicted molar refractivity (Wildman–Crippen MR) is 155 cm³/mol. The maximum atomic E-state index is 12.5. The van der Waals surface area contributed by atoms with Gasteiger partial charge in [0.05, 0.1) is 12.9 Å². The normalized spacial score (nSPS) is 11.1. The number of aromatic nitrogens is 2. The molecule has 0 spiro atoms. The molecule has 0 bridgehead atoms. The third-order valence-corrected chi connectivity index (χ3v) is 6.87. The van der Waals surface area contributed by atoms with Crippen LogP contribution >= 0.6 is 11.8 Å². The highest BCUT2D eigenvalue weighted by Crippen LogP contribution is 2.25. The average molecular weight is 528 g/mol. The molecule has 0 saturated heterocycles. The van der Waals surface area contributed by atoms with E-state index in [0.29, 0.717) is 13.2 Å². The van der Waals surface area contributed by atoms with Crippen LogP contribution in [0.4, 0.5) is 5.69 Å². The Morgan fingerprint density at radius 1 is 1.03 bits per heavy atom. The fourth-order valence-corrected chi connectivity index (χ4v) is 4.75. The van der Waals surface area contributed by atoms with E-state index >= 15 is 0 Å². The van der Waals surface area contributed by atoms with Gasteiger partial charge in [0.25, 0.3) is 0 Å². The number of ether oxygens (including phenoxy) is 2. The van der Waals surface area contributed by atoms with Gasteiger partial charge >= 0.3 is 0 Å². The Kier molecular flexibility index (Phi) is 10.2. The SMILES string of the molecule is CCCn1cncc1CSc1ccc(NC(=O)/C=C/c2cccc(-c3ccc(OCCOC)cc3)c2)cc1. The molecule has 0 unspecified atom stereocenters. The van der Waals surface area contributed by atoms with Crippen LogP contribution < -0.4 is 10.1 Å². The maximum absolute atomic E-state index is 12.5. The summed E-state index contributed by atoms with van der Waals surface area (Å²) in [6, 6.07) is 24.0. The summed E-state index contributed by atoms with van der Waals surface area (Å²) >= 11 is 1.76. The maximum Gasteiger partial charge on any atom is 0.248 e. The van der Waals surface area contributed by atoms with Crippen LogP contribution in [0.5, 0.6) is 5.75 Å². The monoisotopic (exact) mass is 527 g/mol. The first-order chi connectivity index (χ1) is 18.6. The van der Waals surface area contributed by atoms with Crippen molar-refractivity contribution in [2.75, 3.05) is 25.6 Å². The molecule has 7 heteroatoms. The van der Waals surface area contributed by atoms with Crippen LogP contribution in [0, 0.1) is 0 Å². The van der Waals surface area contributed by atoms with E-state index in [1.54, 1.807) is 24.9 Å². The molecule has 4 aromatic rings. The number of amides is 1. The van der Waals surface area contributed by atoms with E-state index in [1.165, 1.54) is 5.69 Å². The summed E-state index contributed by atoms with van der Waals surface area (Å²) in [5.41, 5.74) is 5.08. The van der Waals surface area contributed by atoms with E-state index in [0.717, 1.165) is 51.7 Å². The molecule has 4 rings (SSSR count). The highest BCUT2D eigenvalue weighted by Gasteiger charge is 2.04. The molecule has 1 amide bonds. The zero-order chi connectivity index (χ0) is 26.6. The van der Waals surface area contributed by atoms with Gasteiger partial charge in [0.15, 0.2) is 0 Å². The van der Waals surface area contributed by atoms with Crippen LogP contribution in [-0.2, 0) is 21.8 Å². The van der Waals surface area contributed by atoms with Gasteiger partial charge in [0, 0.05) is 48.0 Å². The Morgan fingerprint density at radius 3 is 2.61 bits per heavy atom. The quantitative estimate of drug-likeness (QED) is 0.116. The molecule has 1 aromatic heterocycles. The average Bonchev–Trinajstić information content (AvgIpc) is 3.39. The Hall–Kier alpha value is -3.81. The number of anilines is 1. The van der Waals surface area contributed by atoms with Crippen LogP contribution in [0.25, 0.3) is 17.2 Å². The second-order valence-electron chi connectivity index (χ2n) is 8.71. The Morgan fingerprint density at radius 2 is 1.84 bits per heavy atom. The number of nitrogens with zero attached hydrogens (tertiary/aromatic N) is 2. The molecule has 38 heavy (non-hydrogen) atoms. The topological polar surface area (TPSA) is 65.4 Å². The molecular formula is C31H33N3O3S. The number of nitrogens with one attached hydrogen (secondary N) is 1. The first-order valence-electron chi connectivity index (χ1n) is 12.7. The van der Waals surface area contributed by atoms with Crippen LogP contribution in [0.3, 0.4) is 0 Å². The molecule has 6 nitrogen and oxygen atoms in total. The minimum atomic E-state index is -0.170. The van der Waals surface area contributed by atoms with E-state index in [2.05, 4.69) is 33.9 Å². The minimum absolute atomic E-state index is 0.170. The van der Waals surface area contributed by atoms with Crippen LogP contribution in [0.1, 0.15) is 24.6 Å². The van der Waals surface area contributed by atoms with Crippen molar-refractivity contribution in [2.45, 2.75) is 30.5 Å². The van der Waals surface area contributed by atoms with Crippen LogP contribution in [0.15, 0.2) is 96.3 Å². The summed E-state index contributed by atoms with van der Waals surface area (Å²) in [5, 5.41) is 2.94. The second kappa shape index (κ2) is 14.2. The van der Waals surface area contributed by atoms with Crippen LogP contribution in [0.2, 0.25) is 0 Å². The number of aryl methyl sites for hydroxylation is 1. The third kappa shape index (κ3) is 8.10. The first kappa shape index (κ1) is 27.2. The summed E-state index contributed by atoms with van der Waals surface area (Å²) in [6.07, 6.45) is 8.28. The van der Waals surface area contributed by atoms with Gasteiger partial charge in [-0.25, -0.2) is 4.98 Å². The van der Waals surface area contributed by atoms with E-state index in [4.69, 9.17) is 9.47 Å². The lowest BCUT2D eigenvalue weighted by atomic mass is 10.0. The molecule has 0 fully saturated rings. The van der Waals surface area contributed by atoms with Gasteiger partial charge in [-0.05, 0) is 71.7 Å². The van der Waals surface area contributed by atoms with Crippen molar-refractivity contribution < 1.29 is 14.3 Å². The van der Waals surface area contributed by atoms with Gasteiger partial charge < -0.3 is 19.4 Å². The van der Waals surface area contributed by atoms with E-state index in [9.17, 15) is 4.79 Å². The number of benzene rings is 3. The van der Waals surface area contributed by atoms with Gasteiger partial charge in [-0.3, -0.25) is 4.79 Å². The van der Waals surface area contributed by atoms with E-state index in [1.807, 2.05) is 79.3 Å². The summed E-state index contributed by atoms with van der Waals surface area (Å²) in [5.74, 6) is 1.50. The number of hydrogen-bond donors (Lipinski definition) is 1. The minimum Gasteiger partial charge on any atom is -0.491 e. The van der Waals surface area contributed by atoms with Gasteiger partial charge in [-0.1, -0.05) is 37.3 Å². The lowest BCUT2D eigenvalue weighted by Gasteiger charge is -2.08. The summed E-state index contributed by atoms with van der Waals surface area (Å²) in [4.78, 5) is 17.9. The molecule has 0 radical (unpaired) electrons. The molecule has 0 aliphatic rings. The van der Waals surface area contributed by atoms with Gasteiger partial charge in [0.2, 0.25) is 5.91 Å². The number of methoxy groups -OCH3 is 1. The van der Waals surface area contributed by atoms with Gasteiger partial charge in [0.1, 0.15) is 12.4 Å². The number of carbonyl (C=O) groups is 1. The molecule has 0 aliphatic carbocycles. The number of carbonyl (C=O) groups excluding carboxylic acids is 1. The Balaban J connectivity index is 1.29. The largest absolute Gasteiger partial charge is 0.491 e. The lowest BCUT2D eigenvalue weighted by Crippen LogP contribution is -2.07. The number of rotatable bonds is 13. The molecular weight excluding hydrogens is 494 g/mol. The van der Waals surface area contributed by atoms with Crippen molar-refractivity contribution in [1.82, 2.24) is 9.55 Å². The second-order valence-corrected chi connectivity index (χ2v) is 9.75. The highest BCUT2D eigenvalue weighted by molar-refractivity contribution is 7.98. The van der Waals surface area contributed by atoms with Crippen molar-refractivity contribution in [3.05, 3.63) is 103 Å². The fourth-order valence-electron chi connectivity index (χ4n) is 3.87. The molecule has 0 aliphatic heterocycles. The zero-order valence-corrected chi connectivity index (χ0v) is 22.6. The van der Waals surface area contributed by atoms with E-state index in [-0.39, 0.29) is 5.91 Å². The first-order valence-corrected chi connectivity index (χ1v) is 13.7. The molecule has 1 N–H and O–H groups in total. The number of thioether (sulfide) groups is 1. The van der Waals surface area contributed by atoms with E-state index < -0.39 is 0 Å². The van der Waals surface area contributed by atoms with Gasteiger partial charge in [-0.15, -0.1) is 11.8 Å². The zero-order valence-electron chi connectivity index (χ0n) is 21.8. The smallest absolute Gasteiger partial charge is 0.248 e. The number of imidazole rings is 1.